The third-order valence-corrected chi connectivity index (χ3v) is 3.32. The Kier molecular flexibility index (Phi) is 3.80. The number of nitrogens with one attached hydrogen (secondary N) is 1. The topological polar surface area (TPSA) is 42.0 Å². The van der Waals surface area contributed by atoms with Gasteiger partial charge in [-0.2, -0.15) is 0 Å². The van der Waals surface area contributed by atoms with Crippen molar-refractivity contribution < 1.29 is 13.6 Å². The largest absolute Gasteiger partial charge is 0.309 e. The molecule has 6 heteroatoms. The van der Waals surface area contributed by atoms with Gasteiger partial charge >= 0.3 is 0 Å². The normalized spacial score (nSPS) is 22.5. The zero-order valence-corrected chi connectivity index (χ0v) is 10.4. The average Bonchev–Trinajstić information content (AvgIpc) is 2.31. The Morgan fingerprint density at radius 1 is 1.56 bits per heavy atom. The molecular weight excluding hydrogens is 262 g/mol. The van der Waals surface area contributed by atoms with Crippen LogP contribution in [0.1, 0.15) is 25.7 Å². The summed E-state index contributed by atoms with van der Waals surface area (Å²) in [5.41, 5.74) is 0. The number of carbonyl (C=O) groups excluding carboxylic acids is 1. The van der Waals surface area contributed by atoms with E-state index in [1.54, 1.807) is 12.1 Å². The summed E-state index contributed by atoms with van der Waals surface area (Å²) in [6.07, 6.45) is 1.79. The van der Waals surface area contributed by atoms with Gasteiger partial charge in [0.1, 0.15) is 0 Å². The van der Waals surface area contributed by atoms with Crippen molar-refractivity contribution in [2.75, 3.05) is 5.32 Å². The number of alkyl halides is 2. The highest BCUT2D eigenvalue weighted by molar-refractivity contribution is 6.33. The van der Waals surface area contributed by atoms with Crippen molar-refractivity contribution in [2.45, 2.75) is 31.6 Å². The minimum atomic E-state index is -2.74. The van der Waals surface area contributed by atoms with E-state index in [1.165, 1.54) is 6.20 Å². The van der Waals surface area contributed by atoms with Crippen LogP contribution in [0.5, 0.6) is 0 Å². The standard InChI is InChI=1S/C12H13ClF2N2O/c13-9-4-2-6-16-10(9)17-11(18)8-3-1-5-12(14,15)7-8/h2,4,6,8H,1,3,5,7H2,(H,16,17,18). The van der Waals surface area contributed by atoms with Gasteiger partial charge in [0, 0.05) is 25.0 Å². The van der Waals surface area contributed by atoms with Crippen LogP contribution in [0.4, 0.5) is 14.6 Å². The first-order valence-electron chi connectivity index (χ1n) is 5.77. The van der Waals surface area contributed by atoms with Crippen molar-refractivity contribution in [3.05, 3.63) is 23.4 Å². The Bertz CT molecular complexity index is 453. The van der Waals surface area contributed by atoms with E-state index < -0.39 is 24.2 Å². The molecule has 1 aromatic rings. The molecule has 0 aromatic carbocycles. The number of hydrogen-bond acceptors (Lipinski definition) is 2. The molecule has 0 aliphatic heterocycles. The lowest BCUT2D eigenvalue weighted by Crippen LogP contribution is -2.33. The third-order valence-electron chi connectivity index (χ3n) is 3.01. The number of hydrogen-bond donors (Lipinski definition) is 1. The molecule has 1 heterocycles. The van der Waals surface area contributed by atoms with Crippen molar-refractivity contribution in [1.29, 1.82) is 0 Å². The molecule has 0 saturated heterocycles. The molecule has 3 nitrogen and oxygen atoms in total. The van der Waals surface area contributed by atoms with Gasteiger partial charge in [-0.1, -0.05) is 11.6 Å². The number of halogens is 3. The molecule has 1 N–H and O–H groups in total. The molecule has 1 amide bonds. The first-order chi connectivity index (χ1) is 8.48. The maximum absolute atomic E-state index is 13.2. The van der Waals surface area contributed by atoms with Gasteiger partial charge in [-0.25, -0.2) is 13.8 Å². The molecule has 0 radical (unpaired) electrons. The van der Waals surface area contributed by atoms with E-state index >= 15 is 0 Å². The van der Waals surface area contributed by atoms with Gasteiger partial charge in [-0.3, -0.25) is 4.79 Å². The molecule has 1 atom stereocenters. The number of aromatic nitrogens is 1. The fraction of sp³-hybridized carbons (Fsp3) is 0.500. The summed E-state index contributed by atoms with van der Waals surface area (Å²) < 4.78 is 26.4. The predicted molar refractivity (Wildman–Crippen MR) is 64.8 cm³/mol. The smallest absolute Gasteiger partial charge is 0.248 e. The maximum atomic E-state index is 13.2. The lowest BCUT2D eigenvalue weighted by atomic mass is 9.86. The van der Waals surface area contributed by atoms with Crippen LogP contribution in [-0.4, -0.2) is 16.8 Å². The van der Waals surface area contributed by atoms with Gasteiger partial charge in [0.15, 0.2) is 5.82 Å². The summed E-state index contributed by atoms with van der Waals surface area (Å²) in [4.78, 5) is 15.8. The quantitative estimate of drug-likeness (QED) is 0.897. The van der Waals surface area contributed by atoms with E-state index in [0.29, 0.717) is 17.9 Å². The molecule has 18 heavy (non-hydrogen) atoms. The molecule has 1 fully saturated rings. The summed E-state index contributed by atoms with van der Waals surface area (Å²) in [5.74, 6) is -3.63. The van der Waals surface area contributed by atoms with Crippen molar-refractivity contribution in [2.24, 2.45) is 5.92 Å². The minimum Gasteiger partial charge on any atom is -0.309 e. The Balaban J connectivity index is 2.02. The SMILES string of the molecule is O=C(Nc1ncccc1Cl)C1CCCC(F)(F)C1. The number of carbonyl (C=O) groups is 1. The zero-order valence-electron chi connectivity index (χ0n) is 9.63. The average molecular weight is 275 g/mol. The number of anilines is 1. The summed E-state index contributed by atoms with van der Waals surface area (Å²) in [7, 11) is 0. The van der Waals surface area contributed by atoms with Gasteiger partial charge < -0.3 is 5.32 Å². The van der Waals surface area contributed by atoms with E-state index in [2.05, 4.69) is 10.3 Å². The van der Waals surface area contributed by atoms with Crippen LogP contribution in [0.15, 0.2) is 18.3 Å². The fourth-order valence-corrected chi connectivity index (χ4v) is 2.26. The van der Waals surface area contributed by atoms with E-state index in [1.807, 2.05) is 0 Å². The summed E-state index contributed by atoms with van der Waals surface area (Å²) >= 11 is 5.84. The van der Waals surface area contributed by atoms with E-state index in [9.17, 15) is 13.6 Å². The van der Waals surface area contributed by atoms with Crippen LogP contribution < -0.4 is 5.32 Å². The van der Waals surface area contributed by atoms with E-state index in [-0.39, 0.29) is 12.2 Å². The van der Waals surface area contributed by atoms with Gasteiger partial charge in [0.05, 0.1) is 5.02 Å². The highest BCUT2D eigenvalue weighted by atomic mass is 35.5. The molecule has 1 aliphatic rings. The second-order valence-electron chi connectivity index (χ2n) is 4.47. The third kappa shape index (κ3) is 3.16. The maximum Gasteiger partial charge on any atom is 0.248 e. The van der Waals surface area contributed by atoms with Crippen molar-refractivity contribution >= 4 is 23.3 Å². The Hall–Kier alpha value is -1.23. The van der Waals surface area contributed by atoms with Crippen LogP contribution in [0.3, 0.4) is 0 Å². The Labute approximate surface area is 109 Å². The van der Waals surface area contributed by atoms with Crippen LogP contribution in [0.2, 0.25) is 5.02 Å². The van der Waals surface area contributed by atoms with Crippen LogP contribution >= 0.6 is 11.6 Å². The molecule has 2 rings (SSSR count). The molecule has 0 bridgehead atoms. The lowest BCUT2D eigenvalue weighted by molar-refractivity contribution is -0.127. The van der Waals surface area contributed by atoms with Crippen LogP contribution in [-0.2, 0) is 4.79 Å². The van der Waals surface area contributed by atoms with Gasteiger partial charge in [-0.15, -0.1) is 0 Å². The predicted octanol–water partition coefficient (Wildman–Crippen LogP) is 3.50. The highest BCUT2D eigenvalue weighted by Gasteiger charge is 2.39. The molecule has 98 valence electrons. The summed E-state index contributed by atoms with van der Waals surface area (Å²) in [6, 6.07) is 3.21. The van der Waals surface area contributed by atoms with Gasteiger partial charge in [0.25, 0.3) is 0 Å². The highest BCUT2D eigenvalue weighted by Crippen LogP contribution is 2.37. The van der Waals surface area contributed by atoms with Crippen LogP contribution in [0.25, 0.3) is 0 Å². The first-order valence-corrected chi connectivity index (χ1v) is 6.15. The van der Waals surface area contributed by atoms with Gasteiger partial charge in [-0.05, 0) is 25.0 Å². The van der Waals surface area contributed by atoms with Crippen molar-refractivity contribution in [1.82, 2.24) is 4.98 Å². The zero-order chi connectivity index (χ0) is 13.2. The summed E-state index contributed by atoms with van der Waals surface area (Å²) in [5, 5.41) is 2.80. The molecule has 1 unspecified atom stereocenters. The summed E-state index contributed by atoms with van der Waals surface area (Å²) in [6.45, 7) is 0. The van der Waals surface area contributed by atoms with E-state index in [0.717, 1.165) is 0 Å². The number of nitrogens with zero attached hydrogens (tertiary/aromatic N) is 1. The van der Waals surface area contributed by atoms with Crippen molar-refractivity contribution in [3.8, 4) is 0 Å². The molecule has 1 aliphatic carbocycles. The van der Waals surface area contributed by atoms with Gasteiger partial charge in [0.2, 0.25) is 11.8 Å². The lowest BCUT2D eigenvalue weighted by Gasteiger charge is -2.27. The molecule has 1 aromatic heterocycles. The molecule has 0 spiro atoms. The molecule has 1 saturated carbocycles. The second kappa shape index (κ2) is 5.18. The second-order valence-corrected chi connectivity index (χ2v) is 4.88. The number of rotatable bonds is 2. The van der Waals surface area contributed by atoms with Crippen LogP contribution in [0, 0.1) is 5.92 Å². The number of pyridine rings is 1. The first kappa shape index (κ1) is 13.2. The number of amides is 1. The van der Waals surface area contributed by atoms with Crippen molar-refractivity contribution in [3.63, 3.8) is 0 Å². The van der Waals surface area contributed by atoms with E-state index in [4.69, 9.17) is 11.6 Å². The fourth-order valence-electron chi connectivity index (χ4n) is 2.09. The minimum absolute atomic E-state index is 0.138. The monoisotopic (exact) mass is 274 g/mol. The molecular formula is C12H13ClF2N2O. The Morgan fingerprint density at radius 3 is 3.00 bits per heavy atom. The Morgan fingerprint density at radius 2 is 2.33 bits per heavy atom.